The molecule has 2 N–H and O–H groups in total. The minimum atomic E-state index is -0.533. The third-order valence-corrected chi connectivity index (χ3v) is 4.87. The number of aryl methyl sites for hydroxylation is 2. The summed E-state index contributed by atoms with van der Waals surface area (Å²) < 4.78 is 10.7. The lowest BCUT2D eigenvalue weighted by atomic mass is 9.91. The van der Waals surface area contributed by atoms with Gasteiger partial charge in [0.05, 0.1) is 31.4 Å². The highest BCUT2D eigenvalue weighted by molar-refractivity contribution is 5.95. The highest BCUT2D eigenvalue weighted by Gasteiger charge is 2.35. The number of hydrogen-bond acceptors (Lipinski definition) is 5. The molecule has 0 saturated carbocycles. The van der Waals surface area contributed by atoms with Crippen LogP contribution in [-0.2, 0) is 14.3 Å². The van der Waals surface area contributed by atoms with Gasteiger partial charge in [0, 0.05) is 25.3 Å². The molecule has 2 heterocycles. The molecule has 1 atom stereocenters. The van der Waals surface area contributed by atoms with Crippen molar-refractivity contribution in [3.63, 3.8) is 0 Å². The first kappa shape index (κ1) is 19.4. The molecule has 1 unspecified atom stereocenters. The lowest BCUT2D eigenvalue weighted by molar-refractivity contribution is -0.139. The number of carbonyl (C=O) groups is 2. The Morgan fingerprint density at radius 2 is 2.04 bits per heavy atom. The third-order valence-electron chi connectivity index (χ3n) is 4.87. The maximum absolute atomic E-state index is 12.8. The van der Waals surface area contributed by atoms with Crippen LogP contribution in [0.1, 0.15) is 29.7 Å². The average Bonchev–Trinajstić information content (AvgIpc) is 2.62. The maximum Gasteiger partial charge on any atom is 0.338 e. The van der Waals surface area contributed by atoms with E-state index in [-0.39, 0.29) is 12.6 Å². The number of esters is 1. The van der Waals surface area contributed by atoms with Crippen LogP contribution in [0.4, 0.5) is 4.79 Å². The van der Waals surface area contributed by atoms with Crippen molar-refractivity contribution in [1.29, 1.82) is 0 Å². The van der Waals surface area contributed by atoms with E-state index in [2.05, 4.69) is 15.5 Å². The molecule has 146 valence electrons. The second-order valence-electron chi connectivity index (χ2n) is 6.89. The van der Waals surface area contributed by atoms with Gasteiger partial charge in [0.15, 0.2) is 0 Å². The first-order valence-electron chi connectivity index (χ1n) is 9.34. The Bertz CT molecular complexity index is 754. The molecular formula is C20H27N3O4. The number of amides is 2. The van der Waals surface area contributed by atoms with Gasteiger partial charge >= 0.3 is 12.0 Å². The Labute approximate surface area is 159 Å². The van der Waals surface area contributed by atoms with E-state index in [1.54, 1.807) is 6.92 Å². The van der Waals surface area contributed by atoms with Crippen LogP contribution in [0.25, 0.3) is 0 Å². The largest absolute Gasteiger partial charge is 0.463 e. The Morgan fingerprint density at radius 1 is 1.30 bits per heavy atom. The number of carbonyl (C=O) groups excluding carboxylic acids is 2. The Balaban J connectivity index is 2.01. The van der Waals surface area contributed by atoms with Gasteiger partial charge in [-0.25, -0.2) is 9.59 Å². The predicted molar refractivity (Wildman–Crippen MR) is 101 cm³/mol. The van der Waals surface area contributed by atoms with E-state index in [0.717, 1.165) is 29.8 Å². The van der Waals surface area contributed by atoms with Crippen LogP contribution in [0.5, 0.6) is 0 Å². The zero-order valence-electron chi connectivity index (χ0n) is 16.1. The molecule has 1 saturated heterocycles. The van der Waals surface area contributed by atoms with Crippen molar-refractivity contribution in [2.75, 3.05) is 39.5 Å². The van der Waals surface area contributed by atoms with Crippen LogP contribution in [0, 0.1) is 13.8 Å². The van der Waals surface area contributed by atoms with Gasteiger partial charge in [-0.2, -0.15) is 0 Å². The van der Waals surface area contributed by atoms with Gasteiger partial charge in [-0.1, -0.05) is 23.8 Å². The molecule has 0 aromatic heterocycles. The van der Waals surface area contributed by atoms with Crippen LogP contribution in [0.3, 0.4) is 0 Å². The Kier molecular flexibility index (Phi) is 6.13. The van der Waals surface area contributed by atoms with Crippen molar-refractivity contribution < 1.29 is 19.1 Å². The fourth-order valence-electron chi connectivity index (χ4n) is 3.56. The highest BCUT2D eigenvalue weighted by Crippen LogP contribution is 2.30. The minimum absolute atomic E-state index is 0.278. The van der Waals surface area contributed by atoms with Crippen molar-refractivity contribution in [3.05, 3.63) is 46.2 Å². The topological polar surface area (TPSA) is 79.9 Å². The van der Waals surface area contributed by atoms with E-state index in [9.17, 15) is 9.59 Å². The average molecular weight is 373 g/mol. The molecule has 2 aliphatic heterocycles. The predicted octanol–water partition coefficient (Wildman–Crippen LogP) is 1.81. The zero-order valence-corrected chi connectivity index (χ0v) is 16.1. The van der Waals surface area contributed by atoms with E-state index in [0.29, 0.717) is 31.0 Å². The Hall–Kier alpha value is -2.38. The lowest BCUT2D eigenvalue weighted by Crippen LogP contribution is -2.49. The maximum atomic E-state index is 12.8. The smallest absolute Gasteiger partial charge is 0.338 e. The molecule has 1 aromatic rings. The monoisotopic (exact) mass is 373 g/mol. The van der Waals surface area contributed by atoms with E-state index in [1.807, 2.05) is 32.0 Å². The molecule has 27 heavy (non-hydrogen) atoms. The van der Waals surface area contributed by atoms with Crippen LogP contribution in [0.15, 0.2) is 29.5 Å². The van der Waals surface area contributed by atoms with Crippen LogP contribution in [0.2, 0.25) is 0 Å². The van der Waals surface area contributed by atoms with E-state index < -0.39 is 12.0 Å². The van der Waals surface area contributed by atoms with Gasteiger partial charge in [0.1, 0.15) is 0 Å². The number of benzene rings is 1. The molecule has 2 aliphatic rings. The van der Waals surface area contributed by atoms with Gasteiger partial charge < -0.3 is 20.1 Å². The summed E-state index contributed by atoms with van der Waals surface area (Å²) in [6.45, 7) is 9.36. The summed E-state index contributed by atoms with van der Waals surface area (Å²) in [6.07, 6.45) is 0. The molecule has 0 spiro atoms. The summed E-state index contributed by atoms with van der Waals surface area (Å²) >= 11 is 0. The van der Waals surface area contributed by atoms with E-state index in [1.165, 1.54) is 0 Å². The molecule has 1 fully saturated rings. The van der Waals surface area contributed by atoms with Crippen molar-refractivity contribution in [1.82, 2.24) is 15.5 Å². The van der Waals surface area contributed by atoms with Gasteiger partial charge in [-0.05, 0) is 31.9 Å². The molecule has 0 aliphatic carbocycles. The first-order chi connectivity index (χ1) is 13.0. The lowest BCUT2D eigenvalue weighted by Gasteiger charge is -2.33. The van der Waals surface area contributed by atoms with Crippen molar-refractivity contribution >= 4 is 12.0 Å². The number of rotatable bonds is 5. The van der Waals surface area contributed by atoms with E-state index >= 15 is 0 Å². The quantitative estimate of drug-likeness (QED) is 0.770. The fraction of sp³-hybridized carbons (Fsp3) is 0.500. The number of morpholine rings is 1. The number of urea groups is 1. The van der Waals surface area contributed by atoms with Crippen molar-refractivity contribution in [2.45, 2.75) is 26.8 Å². The molecule has 7 heteroatoms. The molecule has 7 nitrogen and oxygen atoms in total. The fourth-order valence-corrected chi connectivity index (χ4v) is 3.56. The second-order valence-corrected chi connectivity index (χ2v) is 6.89. The Morgan fingerprint density at radius 3 is 2.70 bits per heavy atom. The van der Waals surface area contributed by atoms with Gasteiger partial charge in [-0.3, -0.25) is 4.90 Å². The summed E-state index contributed by atoms with van der Waals surface area (Å²) in [6, 6.07) is 5.16. The minimum Gasteiger partial charge on any atom is -0.463 e. The van der Waals surface area contributed by atoms with Crippen molar-refractivity contribution in [3.8, 4) is 0 Å². The van der Waals surface area contributed by atoms with Crippen LogP contribution >= 0.6 is 0 Å². The number of nitrogens with one attached hydrogen (secondary N) is 2. The summed E-state index contributed by atoms with van der Waals surface area (Å²) in [5, 5.41) is 5.73. The summed E-state index contributed by atoms with van der Waals surface area (Å²) in [5.74, 6) is -0.404. The van der Waals surface area contributed by atoms with Crippen molar-refractivity contribution in [2.24, 2.45) is 0 Å². The molecule has 0 radical (unpaired) electrons. The zero-order chi connectivity index (χ0) is 19.4. The molecule has 2 amide bonds. The van der Waals surface area contributed by atoms with E-state index in [4.69, 9.17) is 9.47 Å². The number of nitrogens with zero attached hydrogens (tertiary/aromatic N) is 1. The van der Waals surface area contributed by atoms with Gasteiger partial charge in [-0.15, -0.1) is 0 Å². The molecule has 0 bridgehead atoms. The summed E-state index contributed by atoms with van der Waals surface area (Å²) in [7, 11) is 0. The van der Waals surface area contributed by atoms with Gasteiger partial charge in [0.2, 0.25) is 0 Å². The first-order valence-corrected chi connectivity index (χ1v) is 9.34. The second kappa shape index (κ2) is 8.54. The van der Waals surface area contributed by atoms with Crippen LogP contribution < -0.4 is 10.6 Å². The third kappa shape index (κ3) is 4.48. The SMILES string of the molecule is CCOC(=O)C1=C(CN2CCOCC2)NC(=O)NC1c1ccc(C)cc1C. The molecule has 3 rings (SSSR count). The number of hydrogen-bond donors (Lipinski definition) is 2. The summed E-state index contributed by atoms with van der Waals surface area (Å²) in [4.78, 5) is 27.3. The molecule has 1 aromatic carbocycles. The molecular weight excluding hydrogens is 346 g/mol. The number of ether oxygens (including phenoxy) is 2. The standard InChI is InChI=1S/C20H27N3O4/c1-4-27-19(24)17-16(12-23-7-9-26-10-8-23)21-20(25)22-18(17)15-6-5-13(2)11-14(15)3/h5-6,11,18H,4,7-10,12H2,1-3H3,(H2,21,22,25). The van der Waals surface area contributed by atoms with Crippen LogP contribution in [-0.4, -0.2) is 56.4 Å². The normalized spacial score (nSPS) is 20.9. The van der Waals surface area contributed by atoms with Gasteiger partial charge in [0.25, 0.3) is 0 Å². The highest BCUT2D eigenvalue weighted by atomic mass is 16.5. The summed E-state index contributed by atoms with van der Waals surface area (Å²) in [5.41, 5.74) is 4.12.